The molecule has 1 atom stereocenters. The molecule has 1 aliphatic rings. The second-order valence-electron chi connectivity index (χ2n) is 4.92. The molecule has 19 heavy (non-hydrogen) atoms. The first-order valence-electron chi connectivity index (χ1n) is 6.55. The Morgan fingerprint density at radius 3 is 2.95 bits per heavy atom. The average molecular weight is 263 g/mol. The van der Waals surface area contributed by atoms with Crippen LogP contribution in [0.4, 0.5) is 10.1 Å². The summed E-state index contributed by atoms with van der Waals surface area (Å²) in [7, 11) is 0. The zero-order valence-corrected chi connectivity index (χ0v) is 11.0. The van der Waals surface area contributed by atoms with E-state index in [-0.39, 0.29) is 5.82 Å². The van der Waals surface area contributed by atoms with E-state index < -0.39 is 5.97 Å². The van der Waals surface area contributed by atoms with E-state index in [9.17, 15) is 9.18 Å². The lowest BCUT2D eigenvalue weighted by Gasteiger charge is -2.19. The number of rotatable bonds is 4. The lowest BCUT2D eigenvalue weighted by molar-refractivity contribution is -0.131. The summed E-state index contributed by atoms with van der Waals surface area (Å²) < 4.78 is 13.6. The van der Waals surface area contributed by atoms with E-state index in [4.69, 9.17) is 5.11 Å². The average Bonchev–Trinajstić information content (AvgIpc) is 2.84. The summed E-state index contributed by atoms with van der Waals surface area (Å²) in [5, 5.41) is 8.60. The maximum Gasteiger partial charge on any atom is 0.328 e. The van der Waals surface area contributed by atoms with Crippen molar-refractivity contribution in [3.05, 3.63) is 35.7 Å². The number of benzene rings is 1. The van der Waals surface area contributed by atoms with E-state index in [1.165, 1.54) is 18.2 Å². The topological polar surface area (TPSA) is 40.5 Å². The molecule has 3 nitrogen and oxygen atoms in total. The number of hydrogen-bond acceptors (Lipinski definition) is 2. The number of carbonyl (C=O) groups is 1. The van der Waals surface area contributed by atoms with Crippen molar-refractivity contribution < 1.29 is 14.3 Å². The number of hydrogen-bond donors (Lipinski definition) is 1. The Morgan fingerprint density at radius 1 is 1.53 bits per heavy atom. The normalized spacial score (nSPS) is 19.3. The molecule has 102 valence electrons. The fraction of sp³-hybridized carbons (Fsp3) is 0.400. The van der Waals surface area contributed by atoms with Gasteiger partial charge >= 0.3 is 5.97 Å². The zero-order valence-electron chi connectivity index (χ0n) is 11.0. The smallest absolute Gasteiger partial charge is 0.328 e. The quantitative estimate of drug-likeness (QED) is 0.848. The molecule has 1 unspecified atom stereocenters. The van der Waals surface area contributed by atoms with E-state index in [2.05, 4.69) is 11.8 Å². The van der Waals surface area contributed by atoms with E-state index in [0.29, 0.717) is 11.5 Å². The first-order valence-corrected chi connectivity index (χ1v) is 6.55. The third-order valence-electron chi connectivity index (χ3n) is 3.55. The molecule has 1 N–H and O–H groups in total. The Bertz CT molecular complexity index is 499. The van der Waals surface area contributed by atoms with E-state index in [1.807, 2.05) is 6.07 Å². The molecule has 1 aliphatic heterocycles. The van der Waals surface area contributed by atoms with Gasteiger partial charge in [0.2, 0.25) is 0 Å². The maximum absolute atomic E-state index is 13.6. The minimum Gasteiger partial charge on any atom is -0.478 e. The third-order valence-corrected chi connectivity index (χ3v) is 3.55. The fourth-order valence-electron chi connectivity index (χ4n) is 2.44. The van der Waals surface area contributed by atoms with Crippen molar-refractivity contribution in [1.82, 2.24) is 0 Å². The Hall–Kier alpha value is -1.84. The summed E-state index contributed by atoms with van der Waals surface area (Å²) in [5.41, 5.74) is 1.42. The van der Waals surface area contributed by atoms with Crippen LogP contribution in [0.1, 0.15) is 25.3 Å². The van der Waals surface area contributed by atoms with Crippen molar-refractivity contribution in [2.24, 2.45) is 5.92 Å². The Kier molecular flexibility index (Phi) is 4.20. The summed E-state index contributed by atoms with van der Waals surface area (Å²) in [6.45, 7) is 4.05. The van der Waals surface area contributed by atoms with Gasteiger partial charge in [-0.15, -0.1) is 0 Å². The molecule has 0 radical (unpaired) electrons. The highest BCUT2D eigenvalue weighted by Crippen LogP contribution is 2.27. The Morgan fingerprint density at radius 2 is 2.32 bits per heavy atom. The van der Waals surface area contributed by atoms with Gasteiger partial charge in [0.05, 0.1) is 0 Å². The van der Waals surface area contributed by atoms with Crippen LogP contribution in [0.3, 0.4) is 0 Å². The molecule has 0 aromatic heterocycles. The third kappa shape index (κ3) is 3.56. The summed E-state index contributed by atoms with van der Waals surface area (Å²) in [4.78, 5) is 12.7. The van der Waals surface area contributed by atoms with Gasteiger partial charge in [-0.3, -0.25) is 0 Å². The standard InChI is InChI=1S/C15H18FNO2/c1-2-11-5-6-17(10-11)14-8-12(3-4-15(18)19)7-13(16)9-14/h3-4,7-9,11H,2,5-6,10H2,1H3,(H,18,19)/b4-3+. The van der Waals surface area contributed by atoms with Crippen LogP contribution in [-0.4, -0.2) is 24.2 Å². The lowest BCUT2D eigenvalue weighted by Crippen LogP contribution is -2.19. The summed E-state index contributed by atoms with van der Waals surface area (Å²) >= 11 is 0. The van der Waals surface area contributed by atoms with E-state index >= 15 is 0 Å². The molecule has 0 bridgehead atoms. The van der Waals surface area contributed by atoms with Crippen LogP contribution in [0.2, 0.25) is 0 Å². The molecule has 1 aromatic carbocycles. The van der Waals surface area contributed by atoms with Crippen molar-refractivity contribution in [2.45, 2.75) is 19.8 Å². The van der Waals surface area contributed by atoms with Crippen LogP contribution in [0.5, 0.6) is 0 Å². The van der Waals surface area contributed by atoms with Gasteiger partial charge in [0.1, 0.15) is 5.82 Å². The number of aliphatic carboxylic acids is 1. The highest BCUT2D eigenvalue weighted by molar-refractivity contribution is 5.85. The van der Waals surface area contributed by atoms with Gasteiger partial charge in [0, 0.05) is 24.9 Å². The van der Waals surface area contributed by atoms with Crippen LogP contribution in [0, 0.1) is 11.7 Å². The van der Waals surface area contributed by atoms with Crippen molar-refractivity contribution in [3.8, 4) is 0 Å². The highest BCUT2D eigenvalue weighted by Gasteiger charge is 2.21. The predicted molar refractivity (Wildman–Crippen MR) is 73.7 cm³/mol. The molecular formula is C15H18FNO2. The van der Waals surface area contributed by atoms with Gasteiger partial charge in [0.25, 0.3) is 0 Å². The first-order chi connectivity index (χ1) is 9.08. The lowest BCUT2D eigenvalue weighted by atomic mass is 10.1. The van der Waals surface area contributed by atoms with Crippen molar-refractivity contribution in [3.63, 3.8) is 0 Å². The number of anilines is 1. The summed E-state index contributed by atoms with van der Waals surface area (Å²) in [6.07, 6.45) is 4.71. The summed E-state index contributed by atoms with van der Waals surface area (Å²) in [5.74, 6) is -0.693. The first kappa shape index (κ1) is 13.6. The van der Waals surface area contributed by atoms with Crippen LogP contribution in [-0.2, 0) is 4.79 Å². The summed E-state index contributed by atoms with van der Waals surface area (Å²) in [6, 6.07) is 4.69. The fourth-order valence-corrected chi connectivity index (χ4v) is 2.44. The van der Waals surface area contributed by atoms with Crippen LogP contribution in [0.25, 0.3) is 6.08 Å². The second-order valence-corrected chi connectivity index (χ2v) is 4.92. The Labute approximate surface area is 112 Å². The van der Waals surface area contributed by atoms with Crippen LogP contribution >= 0.6 is 0 Å². The van der Waals surface area contributed by atoms with Crippen molar-refractivity contribution >= 4 is 17.7 Å². The molecule has 1 fully saturated rings. The van der Waals surface area contributed by atoms with Crippen molar-refractivity contribution in [2.75, 3.05) is 18.0 Å². The number of carboxylic acid groups (broad SMARTS) is 1. The van der Waals surface area contributed by atoms with E-state index in [0.717, 1.165) is 37.7 Å². The minimum atomic E-state index is -1.03. The van der Waals surface area contributed by atoms with Gasteiger partial charge in [-0.25, -0.2) is 9.18 Å². The Balaban J connectivity index is 2.19. The van der Waals surface area contributed by atoms with Crippen molar-refractivity contribution in [1.29, 1.82) is 0 Å². The van der Waals surface area contributed by atoms with E-state index in [1.54, 1.807) is 0 Å². The number of halogens is 1. The maximum atomic E-state index is 13.6. The SMILES string of the molecule is CCC1CCN(c2cc(F)cc(/C=C/C(=O)O)c2)C1. The van der Waals surface area contributed by atoms with Gasteiger partial charge in [-0.1, -0.05) is 13.3 Å². The molecule has 0 aliphatic carbocycles. The molecule has 0 saturated carbocycles. The highest BCUT2D eigenvalue weighted by atomic mass is 19.1. The second kappa shape index (κ2) is 5.87. The molecule has 1 saturated heterocycles. The van der Waals surface area contributed by atoms with Gasteiger partial charge in [0.15, 0.2) is 0 Å². The zero-order chi connectivity index (χ0) is 13.8. The molecular weight excluding hydrogens is 245 g/mol. The largest absolute Gasteiger partial charge is 0.478 e. The van der Waals surface area contributed by atoms with Gasteiger partial charge in [-0.2, -0.15) is 0 Å². The molecule has 1 heterocycles. The number of nitrogens with zero attached hydrogens (tertiary/aromatic N) is 1. The van der Waals surface area contributed by atoms with Gasteiger partial charge in [-0.05, 0) is 42.2 Å². The van der Waals surface area contributed by atoms with Crippen LogP contribution in [0.15, 0.2) is 24.3 Å². The molecule has 2 rings (SSSR count). The molecule has 0 amide bonds. The molecule has 0 spiro atoms. The molecule has 4 heteroatoms. The minimum absolute atomic E-state index is 0.331. The number of carboxylic acids is 1. The monoisotopic (exact) mass is 263 g/mol. The predicted octanol–water partition coefficient (Wildman–Crippen LogP) is 3.16. The van der Waals surface area contributed by atoms with Gasteiger partial charge < -0.3 is 10.0 Å². The molecule has 1 aromatic rings. The van der Waals surface area contributed by atoms with Crippen LogP contribution < -0.4 is 4.90 Å².